The molecule has 0 aliphatic heterocycles. The summed E-state index contributed by atoms with van der Waals surface area (Å²) in [5.41, 5.74) is 0. The van der Waals surface area contributed by atoms with Crippen LogP contribution in [0.4, 0.5) is 5.13 Å². The van der Waals surface area contributed by atoms with Crippen LogP contribution >= 0.6 is 11.3 Å². The van der Waals surface area contributed by atoms with E-state index >= 15 is 0 Å². The summed E-state index contributed by atoms with van der Waals surface area (Å²) in [5.74, 6) is 0. The van der Waals surface area contributed by atoms with Gasteiger partial charge in [-0.1, -0.05) is 11.3 Å². The highest BCUT2D eigenvalue weighted by Gasteiger charge is 2.06. The van der Waals surface area contributed by atoms with E-state index in [4.69, 9.17) is 6.57 Å². The second-order valence-corrected chi connectivity index (χ2v) is 3.57. The Bertz CT molecular complexity index is 288. The van der Waals surface area contributed by atoms with Gasteiger partial charge in [-0.15, -0.1) is 10.2 Å². The smallest absolute Gasteiger partial charge is 0.231 e. The summed E-state index contributed by atoms with van der Waals surface area (Å²) in [6.45, 7) is 9.78. The fourth-order valence-electron chi connectivity index (χ4n) is 0.736. The summed E-state index contributed by atoms with van der Waals surface area (Å²) in [6, 6.07) is 0. The van der Waals surface area contributed by atoms with Crippen LogP contribution in [0.25, 0.3) is 4.85 Å². The first-order chi connectivity index (χ1) is 5.74. The van der Waals surface area contributed by atoms with E-state index in [0.29, 0.717) is 6.54 Å². The van der Waals surface area contributed by atoms with Crippen molar-refractivity contribution in [3.8, 4) is 0 Å². The van der Waals surface area contributed by atoms with Gasteiger partial charge in [0.2, 0.25) is 11.7 Å². The summed E-state index contributed by atoms with van der Waals surface area (Å²) in [5, 5.41) is 9.70. The molecule has 0 aliphatic rings. The zero-order valence-electron chi connectivity index (χ0n) is 7.11. The van der Waals surface area contributed by atoms with Gasteiger partial charge in [0.25, 0.3) is 0 Å². The largest absolute Gasteiger partial charge is 0.342 e. The molecule has 5 heteroatoms. The first-order valence-corrected chi connectivity index (χ1v) is 4.40. The molecule has 0 unspecified atom stereocenters. The second kappa shape index (κ2) is 4.02. The molecular weight excluding hydrogens is 172 g/mol. The first-order valence-electron chi connectivity index (χ1n) is 3.58. The molecule has 0 aliphatic carbocycles. The Morgan fingerprint density at radius 3 is 2.83 bits per heavy atom. The molecule has 1 heterocycles. The van der Waals surface area contributed by atoms with Crippen molar-refractivity contribution in [1.29, 1.82) is 0 Å². The average Bonchev–Trinajstić information content (AvgIpc) is 2.47. The number of hydrogen-bond donors (Lipinski definition) is 0. The van der Waals surface area contributed by atoms with Gasteiger partial charge in [-0.2, -0.15) is 0 Å². The van der Waals surface area contributed by atoms with Crippen molar-refractivity contribution in [2.24, 2.45) is 0 Å². The number of nitrogens with zero attached hydrogens (tertiary/aromatic N) is 4. The van der Waals surface area contributed by atoms with Gasteiger partial charge in [-0.3, -0.25) is 0 Å². The number of rotatable bonds is 3. The zero-order chi connectivity index (χ0) is 8.97. The van der Waals surface area contributed by atoms with Gasteiger partial charge >= 0.3 is 0 Å². The lowest BCUT2D eigenvalue weighted by Gasteiger charge is -2.09. The molecule has 0 amide bonds. The van der Waals surface area contributed by atoms with Crippen LogP contribution in [0.2, 0.25) is 0 Å². The molecule has 0 N–H and O–H groups in total. The fourth-order valence-corrected chi connectivity index (χ4v) is 1.41. The molecule has 0 atom stereocenters. The van der Waals surface area contributed by atoms with Crippen molar-refractivity contribution in [3.05, 3.63) is 16.4 Å². The molecule has 1 aromatic rings. The minimum absolute atomic E-state index is 0.509. The molecule has 1 rings (SSSR count). The van der Waals surface area contributed by atoms with Crippen molar-refractivity contribution in [2.75, 3.05) is 25.0 Å². The fraction of sp³-hybridized carbons (Fsp3) is 0.571. The van der Waals surface area contributed by atoms with Crippen LogP contribution < -0.4 is 4.90 Å². The standard InChI is InChI=1S/C7H10N4S/c1-6-9-10-7(12-6)11(3)5-4-8-2/h4-5H2,1,3H3. The molecule has 0 saturated heterocycles. The number of likely N-dealkylation sites (N-methyl/N-ethyl adjacent to an activating group) is 1. The Hall–Kier alpha value is -1.15. The Morgan fingerprint density at radius 2 is 2.33 bits per heavy atom. The monoisotopic (exact) mass is 182 g/mol. The van der Waals surface area contributed by atoms with Gasteiger partial charge in [0.05, 0.1) is 6.54 Å². The zero-order valence-corrected chi connectivity index (χ0v) is 7.93. The van der Waals surface area contributed by atoms with E-state index < -0.39 is 0 Å². The molecule has 64 valence electrons. The Kier molecular flexibility index (Phi) is 3.00. The van der Waals surface area contributed by atoms with E-state index in [-0.39, 0.29) is 0 Å². The topological polar surface area (TPSA) is 33.4 Å². The van der Waals surface area contributed by atoms with Crippen LogP contribution in [-0.4, -0.2) is 30.3 Å². The summed E-state index contributed by atoms with van der Waals surface area (Å²) in [6.07, 6.45) is 0. The van der Waals surface area contributed by atoms with Gasteiger partial charge in [0.1, 0.15) is 5.01 Å². The highest BCUT2D eigenvalue weighted by Crippen LogP contribution is 2.17. The van der Waals surface area contributed by atoms with Crippen LogP contribution in [0.1, 0.15) is 5.01 Å². The molecule has 4 nitrogen and oxygen atoms in total. The van der Waals surface area contributed by atoms with E-state index in [2.05, 4.69) is 15.0 Å². The van der Waals surface area contributed by atoms with Gasteiger partial charge < -0.3 is 9.74 Å². The van der Waals surface area contributed by atoms with E-state index in [1.54, 1.807) is 11.3 Å². The van der Waals surface area contributed by atoms with Crippen molar-refractivity contribution < 1.29 is 0 Å². The summed E-state index contributed by atoms with van der Waals surface area (Å²) in [7, 11) is 1.92. The lowest BCUT2D eigenvalue weighted by atomic mass is 10.6. The van der Waals surface area contributed by atoms with E-state index in [9.17, 15) is 0 Å². The lowest BCUT2D eigenvalue weighted by Crippen LogP contribution is -2.19. The Balaban J connectivity index is 2.54. The second-order valence-electron chi connectivity index (χ2n) is 2.41. The van der Waals surface area contributed by atoms with Gasteiger partial charge in [-0.25, -0.2) is 6.57 Å². The predicted octanol–water partition coefficient (Wildman–Crippen LogP) is 1.20. The van der Waals surface area contributed by atoms with Crippen LogP contribution in [0, 0.1) is 13.5 Å². The maximum absolute atomic E-state index is 6.63. The van der Waals surface area contributed by atoms with Gasteiger partial charge in [0.15, 0.2) is 0 Å². The minimum atomic E-state index is 0.509. The molecule has 0 fully saturated rings. The summed E-state index contributed by atoms with van der Waals surface area (Å²) < 4.78 is 0. The Morgan fingerprint density at radius 1 is 1.58 bits per heavy atom. The van der Waals surface area contributed by atoms with Crippen molar-refractivity contribution in [2.45, 2.75) is 6.92 Å². The van der Waals surface area contributed by atoms with Crippen molar-refractivity contribution >= 4 is 16.5 Å². The molecule has 12 heavy (non-hydrogen) atoms. The third kappa shape index (κ3) is 2.17. The first kappa shape index (κ1) is 8.94. The van der Waals surface area contributed by atoms with Crippen LogP contribution in [0.3, 0.4) is 0 Å². The molecule has 0 spiro atoms. The number of aryl methyl sites for hydroxylation is 1. The maximum Gasteiger partial charge on any atom is 0.231 e. The molecule has 0 saturated carbocycles. The normalized spacial score (nSPS) is 9.42. The van der Waals surface area contributed by atoms with E-state index in [1.165, 1.54) is 0 Å². The summed E-state index contributed by atoms with van der Waals surface area (Å²) >= 11 is 1.55. The van der Waals surface area contributed by atoms with Crippen LogP contribution in [-0.2, 0) is 0 Å². The van der Waals surface area contributed by atoms with Crippen molar-refractivity contribution in [3.63, 3.8) is 0 Å². The van der Waals surface area contributed by atoms with Crippen LogP contribution in [0.5, 0.6) is 0 Å². The third-order valence-electron chi connectivity index (χ3n) is 1.39. The third-order valence-corrected chi connectivity index (χ3v) is 2.34. The highest BCUT2D eigenvalue weighted by molar-refractivity contribution is 7.15. The molecular formula is C7H10N4S. The van der Waals surface area contributed by atoms with Crippen molar-refractivity contribution in [1.82, 2.24) is 10.2 Å². The summed E-state index contributed by atoms with van der Waals surface area (Å²) in [4.78, 5) is 5.22. The van der Waals surface area contributed by atoms with E-state index in [0.717, 1.165) is 16.7 Å². The predicted molar refractivity (Wildman–Crippen MR) is 49.4 cm³/mol. The lowest BCUT2D eigenvalue weighted by molar-refractivity contribution is 0.906. The molecule has 0 radical (unpaired) electrons. The Labute approximate surface area is 75.7 Å². The molecule has 1 aromatic heterocycles. The quantitative estimate of drug-likeness (QED) is 0.659. The number of hydrogen-bond acceptors (Lipinski definition) is 4. The van der Waals surface area contributed by atoms with Crippen LogP contribution in [0.15, 0.2) is 0 Å². The van der Waals surface area contributed by atoms with E-state index in [1.807, 2.05) is 18.9 Å². The highest BCUT2D eigenvalue weighted by atomic mass is 32.1. The maximum atomic E-state index is 6.63. The van der Waals surface area contributed by atoms with Gasteiger partial charge in [0, 0.05) is 7.05 Å². The average molecular weight is 182 g/mol. The number of aromatic nitrogens is 2. The molecule has 0 bridgehead atoms. The minimum Gasteiger partial charge on any atom is -0.342 e. The molecule has 0 aromatic carbocycles. The van der Waals surface area contributed by atoms with Gasteiger partial charge in [-0.05, 0) is 6.92 Å². The SMILES string of the molecule is [C-]#[N+]CCN(C)c1nnc(C)s1. The number of anilines is 1.